The number of carbonyl (C=O) groups is 4. The number of carbonyl (C=O) groups excluding carboxylic acids is 4. The Morgan fingerprint density at radius 1 is 0.566 bits per heavy atom. The van der Waals surface area contributed by atoms with Gasteiger partial charge in [0, 0.05) is 0 Å². The Hall–Kier alpha value is -3.33. The van der Waals surface area contributed by atoms with Gasteiger partial charge in [0.1, 0.15) is 23.3 Å². The van der Waals surface area contributed by atoms with Gasteiger partial charge in [0.15, 0.2) is 28.8 Å². The molecular weight excluding hydrogens is 705 g/mol. The molecule has 4 atom stereocenters. The summed E-state index contributed by atoms with van der Waals surface area (Å²) in [6.45, 7) is 27.9. The highest BCUT2D eigenvalue weighted by Crippen LogP contribution is 2.52. The Bertz CT molecular complexity index is 1480. The van der Waals surface area contributed by atoms with Gasteiger partial charge in [-0.05, 0) is 80.5 Å². The van der Waals surface area contributed by atoms with E-state index >= 15 is 0 Å². The van der Waals surface area contributed by atoms with Crippen molar-refractivity contribution in [2.75, 3.05) is 0 Å². The predicted molar refractivity (Wildman–Crippen MR) is 211 cm³/mol. The average molecular weight is 767 g/mol. The van der Waals surface area contributed by atoms with Crippen molar-refractivity contribution in [3.05, 3.63) is 71.8 Å². The summed E-state index contributed by atoms with van der Waals surface area (Å²) < 4.78 is 26.1. The predicted octanol–water partition coefficient (Wildman–Crippen LogP) is 9.86. The fourth-order valence-corrected chi connectivity index (χ4v) is 23.6. The fraction of sp³-hybridized carbons (Fsp3) is 0.610. The molecular formula is C41H62N2O8Si2. The van der Waals surface area contributed by atoms with Crippen LogP contribution < -0.4 is 0 Å². The molecule has 0 N–H and O–H groups in total. The first-order valence-corrected chi connectivity index (χ1v) is 23.6. The molecule has 2 heterocycles. The second-order valence-electron chi connectivity index (χ2n) is 17.9. The second kappa shape index (κ2) is 15.8. The van der Waals surface area contributed by atoms with Crippen molar-refractivity contribution in [1.29, 1.82) is 0 Å². The highest BCUT2D eigenvalue weighted by atomic mass is 28.4. The maximum atomic E-state index is 14.1. The van der Waals surface area contributed by atoms with Gasteiger partial charge in [-0.1, -0.05) is 116 Å². The van der Waals surface area contributed by atoms with Crippen molar-refractivity contribution in [2.24, 2.45) is 0 Å². The molecule has 2 aliphatic rings. The first-order chi connectivity index (χ1) is 24.5. The molecule has 0 spiro atoms. The molecule has 0 bridgehead atoms. The van der Waals surface area contributed by atoms with Gasteiger partial charge in [-0.3, -0.25) is 9.59 Å². The summed E-state index contributed by atoms with van der Waals surface area (Å²) in [6.07, 6.45) is -3.17. The van der Waals surface area contributed by atoms with Gasteiger partial charge in [-0.2, -0.15) is 0 Å². The first-order valence-electron chi connectivity index (χ1n) is 19.0. The van der Waals surface area contributed by atoms with Crippen LogP contribution in [0, 0.1) is 0 Å². The second-order valence-corrected chi connectivity index (χ2v) is 28.2. The lowest BCUT2D eigenvalue weighted by atomic mass is 9.91. The van der Waals surface area contributed by atoms with Gasteiger partial charge in [-0.15, -0.1) is 0 Å². The minimum atomic E-state index is -3.00. The maximum absolute atomic E-state index is 14.1. The average Bonchev–Trinajstić information content (AvgIpc) is 3.03. The normalized spacial score (nSPS) is 21.3. The molecule has 2 saturated heterocycles. The molecule has 0 unspecified atom stereocenters. The molecule has 0 radical (unpaired) electrons. The lowest BCUT2D eigenvalue weighted by Crippen LogP contribution is -2.69. The van der Waals surface area contributed by atoms with Crippen LogP contribution in [0.5, 0.6) is 0 Å². The third-order valence-electron chi connectivity index (χ3n) is 10.7. The number of likely N-dealkylation sites (tertiary alicyclic amines) is 2. The standard InChI is InChI=1S/C41H62N2O8Si2/c1-26(2)52(27(3)4,50-34-32(30-21-17-15-18-22-30)42(36(34)44)38(46)48-40(9,10)11)25-53(28(5)6,29(7)8)51-35-33(31-23-19-16-20-24-31)43(37(35)45)39(47)49-41(12,13)14/h15-24,26-29,32-35H,25H2,1-14H3/t32-,33-,34+,35+/m0/s1. The number of β-lactam (4-membered cyclic amide) rings is 2. The van der Waals surface area contributed by atoms with E-state index in [1.807, 2.05) is 60.7 Å². The Labute approximate surface area is 319 Å². The third kappa shape index (κ3) is 8.66. The maximum Gasteiger partial charge on any atom is 0.417 e. The van der Waals surface area contributed by atoms with Gasteiger partial charge in [0.05, 0.1) is 0 Å². The van der Waals surface area contributed by atoms with Crippen molar-refractivity contribution in [3.8, 4) is 0 Å². The van der Waals surface area contributed by atoms with Crippen LogP contribution in [0.3, 0.4) is 0 Å². The minimum Gasteiger partial charge on any atom is -0.443 e. The summed E-state index contributed by atoms with van der Waals surface area (Å²) in [4.78, 5) is 57.6. The summed E-state index contributed by atoms with van der Waals surface area (Å²) in [5.41, 5.74) is 0.826. The molecule has 12 heteroatoms. The number of imide groups is 2. The molecule has 10 nitrogen and oxygen atoms in total. The largest absolute Gasteiger partial charge is 0.443 e. The molecule has 2 aliphatic heterocycles. The van der Waals surface area contributed by atoms with E-state index < -0.39 is 76.1 Å². The van der Waals surface area contributed by atoms with Crippen molar-refractivity contribution >= 4 is 40.6 Å². The van der Waals surface area contributed by atoms with Crippen molar-refractivity contribution < 1.29 is 37.5 Å². The SMILES string of the molecule is CC(C)[Si](C[Si](O[C@H]1C(=O)N(C(=O)OC(C)(C)C)[C@H]1c1ccccc1)(C(C)C)C(C)C)(O[C@H]1C(=O)N(C(=O)OC(C)(C)C)[C@H]1c1ccccc1)C(C)C. The monoisotopic (exact) mass is 766 g/mol. The molecule has 2 fully saturated rings. The molecule has 292 valence electrons. The zero-order valence-corrected chi connectivity index (χ0v) is 36.3. The van der Waals surface area contributed by atoms with E-state index in [1.165, 1.54) is 9.80 Å². The zero-order valence-electron chi connectivity index (χ0n) is 34.3. The minimum absolute atomic E-state index is 0.0514. The quantitative estimate of drug-likeness (QED) is 0.155. The van der Waals surface area contributed by atoms with Crippen LogP contribution in [0.4, 0.5) is 9.59 Å². The number of hydrogen-bond acceptors (Lipinski definition) is 8. The summed E-state index contributed by atoms with van der Waals surface area (Å²) in [5, 5.41) is 0. The first kappa shape index (κ1) is 42.4. The number of benzene rings is 2. The van der Waals surface area contributed by atoms with Crippen LogP contribution in [0.25, 0.3) is 0 Å². The van der Waals surface area contributed by atoms with E-state index in [9.17, 15) is 19.2 Å². The highest BCUT2D eigenvalue weighted by molar-refractivity contribution is 6.94. The molecule has 4 rings (SSSR count). The number of rotatable bonds is 12. The number of amides is 4. The smallest absolute Gasteiger partial charge is 0.417 e. The van der Waals surface area contributed by atoms with Gasteiger partial charge >= 0.3 is 12.2 Å². The van der Waals surface area contributed by atoms with Crippen LogP contribution in [0.15, 0.2) is 60.7 Å². The highest BCUT2D eigenvalue weighted by Gasteiger charge is 2.63. The summed E-state index contributed by atoms with van der Waals surface area (Å²) in [6, 6.07) is 17.7. The van der Waals surface area contributed by atoms with Crippen LogP contribution in [0.1, 0.15) is 120 Å². The number of ether oxygens (including phenoxy) is 2. The van der Waals surface area contributed by atoms with Crippen molar-refractivity contribution in [2.45, 2.75) is 160 Å². The Kier molecular flexibility index (Phi) is 12.6. The third-order valence-corrected chi connectivity index (χ3v) is 24.3. The summed E-state index contributed by atoms with van der Waals surface area (Å²) in [5.74, 6) is -0.834. The summed E-state index contributed by atoms with van der Waals surface area (Å²) in [7, 11) is -6.00. The van der Waals surface area contributed by atoms with Gasteiger partial charge in [0.2, 0.25) is 0 Å². The fourth-order valence-electron chi connectivity index (χ4n) is 7.81. The van der Waals surface area contributed by atoms with Crippen molar-refractivity contribution in [3.63, 3.8) is 0 Å². The number of hydrogen-bond donors (Lipinski definition) is 0. The van der Waals surface area contributed by atoms with E-state index in [-0.39, 0.29) is 22.2 Å². The Morgan fingerprint density at radius 2 is 0.849 bits per heavy atom. The molecule has 4 amide bonds. The zero-order chi connectivity index (χ0) is 39.8. The molecule has 0 aromatic heterocycles. The van der Waals surface area contributed by atoms with Crippen LogP contribution >= 0.6 is 0 Å². The van der Waals surface area contributed by atoms with Gasteiger partial charge in [-0.25, -0.2) is 19.4 Å². The molecule has 0 aliphatic carbocycles. The van der Waals surface area contributed by atoms with Crippen LogP contribution in [0.2, 0.25) is 27.8 Å². The van der Waals surface area contributed by atoms with E-state index in [4.69, 9.17) is 18.3 Å². The van der Waals surface area contributed by atoms with E-state index in [2.05, 4.69) is 55.4 Å². The Morgan fingerprint density at radius 3 is 1.09 bits per heavy atom. The van der Waals surface area contributed by atoms with Gasteiger partial charge in [0.25, 0.3) is 11.8 Å². The van der Waals surface area contributed by atoms with Crippen LogP contribution in [-0.4, -0.2) is 73.8 Å². The van der Waals surface area contributed by atoms with Crippen molar-refractivity contribution in [1.82, 2.24) is 9.80 Å². The lowest BCUT2D eigenvalue weighted by molar-refractivity contribution is -0.162. The molecule has 2 aromatic carbocycles. The molecule has 2 aromatic rings. The van der Waals surface area contributed by atoms with E-state index in [1.54, 1.807) is 41.5 Å². The summed E-state index contributed by atoms with van der Waals surface area (Å²) >= 11 is 0. The lowest BCUT2D eigenvalue weighted by Gasteiger charge is -2.55. The van der Waals surface area contributed by atoms with Crippen LogP contribution in [-0.2, 0) is 27.9 Å². The van der Waals surface area contributed by atoms with E-state index in [0.29, 0.717) is 5.67 Å². The van der Waals surface area contributed by atoms with Gasteiger partial charge < -0.3 is 18.3 Å². The topological polar surface area (TPSA) is 112 Å². The van der Waals surface area contributed by atoms with E-state index in [0.717, 1.165) is 11.1 Å². The Balaban J connectivity index is 1.78. The molecule has 0 saturated carbocycles. The molecule has 53 heavy (non-hydrogen) atoms. The number of nitrogens with zero attached hydrogens (tertiary/aromatic N) is 2.